The molecule has 11 heteroatoms. The van der Waals surface area contributed by atoms with Gasteiger partial charge < -0.3 is 15.9 Å². The van der Waals surface area contributed by atoms with Crippen molar-refractivity contribution in [2.24, 2.45) is 5.73 Å². The van der Waals surface area contributed by atoms with Crippen LogP contribution in [0.3, 0.4) is 0 Å². The predicted molar refractivity (Wildman–Crippen MR) is 86.2 cm³/mol. The minimum atomic E-state index is -4.29. The van der Waals surface area contributed by atoms with Gasteiger partial charge in [-0.3, -0.25) is 19.2 Å². The van der Waals surface area contributed by atoms with E-state index in [0.29, 0.717) is 0 Å². The summed E-state index contributed by atoms with van der Waals surface area (Å²) in [5, 5.41) is 6.59. The van der Waals surface area contributed by atoms with E-state index in [2.05, 4.69) is 15.3 Å². The van der Waals surface area contributed by atoms with Crippen LogP contribution < -0.4 is 11.1 Å². The molecule has 2 heterocycles. The van der Waals surface area contributed by atoms with Gasteiger partial charge in [0.1, 0.15) is 11.1 Å². The van der Waals surface area contributed by atoms with Gasteiger partial charge in [-0.1, -0.05) is 0 Å². The van der Waals surface area contributed by atoms with E-state index in [0.717, 1.165) is 0 Å². The van der Waals surface area contributed by atoms with Crippen molar-refractivity contribution in [3.05, 3.63) is 23.2 Å². The molecule has 2 rings (SSSR count). The Kier molecular flexibility index (Phi) is 5.56. The highest BCUT2D eigenvalue weighted by atomic mass is 19.4. The van der Waals surface area contributed by atoms with E-state index in [9.17, 15) is 22.8 Å². The maximum atomic E-state index is 12.6. The number of rotatable bonds is 5. The summed E-state index contributed by atoms with van der Waals surface area (Å²) < 4.78 is 39.1. The summed E-state index contributed by atoms with van der Waals surface area (Å²) in [6.07, 6.45) is -2.43. The number of hydrogen-bond donors (Lipinski definition) is 2. The van der Waals surface area contributed by atoms with Gasteiger partial charge in [-0.05, 0) is 12.8 Å². The lowest BCUT2D eigenvalue weighted by Crippen LogP contribution is -2.50. The first-order valence-electron chi connectivity index (χ1n) is 7.86. The Morgan fingerprint density at radius 3 is 2.50 bits per heavy atom. The van der Waals surface area contributed by atoms with E-state index in [4.69, 9.17) is 12.3 Å². The van der Waals surface area contributed by atoms with E-state index in [1.54, 1.807) is 0 Å². The number of carbonyl (C=O) groups excluding carboxylic acids is 2. The van der Waals surface area contributed by atoms with Crippen LogP contribution in [0.4, 0.5) is 19.0 Å². The second-order valence-corrected chi connectivity index (χ2v) is 6.31. The number of hydrogen-bond acceptors (Lipinski definition) is 4. The van der Waals surface area contributed by atoms with Crippen molar-refractivity contribution < 1.29 is 22.8 Å². The first-order chi connectivity index (χ1) is 12.1. The summed E-state index contributed by atoms with van der Waals surface area (Å²) in [7, 11) is 0. The minimum Gasteiger partial charge on any atom is -0.365 e. The highest BCUT2D eigenvalue weighted by Gasteiger charge is 2.43. The highest BCUT2D eigenvalue weighted by Crippen LogP contribution is 2.33. The van der Waals surface area contributed by atoms with E-state index in [1.165, 1.54) is 22.7 Å². The number of carbonyl (C=O) groups is 2. The van der Waals surface area contributed by atoms with Crippen molar-refractivity contribution in [2.75, 3.05) is 31.5 Å². The Balaban J connectivity index is 2.29. The highest BCUT2D eigenvalue weighted by molar-refractivity contribution is 6.01. The topological polar surface area (TPSA) is 97.6 Å². The van der Waals surface area contributed by atoms with Crippen LogP contribution in [0.15, 0.2) is 6.20 Å². The van der Waals surface area contributed by atoms with Crippen LogP contribution in [-0.4, -0.2) is 58.9 Å². The number of nitrogens with zero attached hydrogens (tertiary/aromatic N) is 4. The summed E-state index contributed by atoms with van der Waals surface area (Å²) in [5.41, 5.74) is 4.44. The van der Waals surface area contributed by atoms with Crippen LogP contribution in [0, 0.1) is 6.57 Å². The second-order valence-electron chi connectivity index (χ2n) is 6.31. The fourth-order valence-corrected chi connectivity index (χ4v) is 3.04. The summed E-state index contributed by atoms with van der Waals surface area (Å²) in [5.74, 6) is -1.27. The number of alkyl halides is 3. The summed E-state index contributed by atoms with van der Waals surface area (Å²) >= 11 is 0. The zero-order valence-electron chi connectivity index (χ0n) is 14.1. The smallest absolute Gasteiger partial charge is 0.365 e. The van der Waals surface area contributed by atoms with Crippen molar-refractivity contribution in [3.8, 4) is 0 Å². The van der Waals surface area contributed by atoms with Gasteiger partial charge in [0.15, 0.2) is 5.82 Å². The summed E-state index contributed by atoms with van der Waals surface area (Å²) in [6.45, 7) is 7.69. The van der Waals surface area contributed by atoms with Gasteiger partial charge >= 0.3 is 6.18 Å². The largest absolute Gasteiger partial charge is 0.401 e. The molecule has 142 valence electrons. The van der Waals surface area contributed by atoms with Gasteiger partial charge in [-0.15, -0.1) is 0 Å². The third-order valence-corrected chi connectivity index (χ3v) is 4.32. The third kappa shape index (κ3) is 4.51. The maximum Gasteiger partial charge on any atom is 0.401 e. The fourth-order valence-electron chi connectivity index (χ4n) is 3.04. The van der Waals surface area contributed by atoms with Crippen LogP contribution in [0.1, 0.15) is 30.1 Å². The molecule has 0 aliphatic carbocycles. The zero-order chi connectivity index (χ0) is 19.5. The molecule has 1 aliphatic rings. The lowest BCUT2D eigenvalue weighted by molar-refractivity contribution is -0.150. The number of halogens is 3. The Morgan fingerprint density at radius 2 is 2.04 bits per heavy atom. The van der Waals surface area contributed by atoms with Crippen LogP contribution in [0.2, 0.25) is 0 Å². The van der Waals surface area contributed by atoms with E-state index < -0.39 is 30.1 Å². The number of aromatic nitrogens is 2. The van der Waals surface area contributed by atoms with Gasteiger partial charge in [0.2, 0.25) is 12.5 Å². The van der Waals surface area contributed by atoms with Crippen molar-refractivity contribution >= 4 is 17.6 Å². The van der Waals surface area contributed by atoms with Crippen LogP contribution in [0.5, 0.6) is 0 Å². The van der Waals surface area contributed by atoms with Gasteiger partial charge in [-0.2, -0.15) is 18.3 Å². The molecule has 0 unspecified atom stereocenters. The number of piperidine rings is 1. The monoisotopic (exact) mass is 372 g/mol. The molecular weight excluding hydrogens is 353 g/mol. The molecule has 0 radical (unpaired) electrons. The molecule has 0 atom stereocenters. The standard InChI is InChI=1S/C15H19F3N6O2/c1-10(25)21-13-11(12(19)26)7-24(22-13)14(8-20-2)3-5-23(6-4-14)9-15(16,17)18/h7H,3-6,8-9H2,1H3,(H2,19,26)(H,21,22,25). The molecular formula is C15H19F3N6O2. The van der Waals surface area contributed by atoms with Crippen LogP contribution in [-0.2, 0) is 10.3 Å². The third-order valence-electron chi connectivity index (χ3n) is 4.32. The summed E-state index contributed by atoms with van der Waals surface area (Å²) in [6, 6.07) is 0. The van der Waals surface area contributed by atoms with Crippen molar-refractivity contribution in [1.29, 1.82) is 0 Å². The number of nitrogens with one attached hydrogen (secondary N) is 1. The Hall–Kier alpha value is -2.61. The van der Waals surface area contributed by atoms with Gasteiger partial charge in [0, 0.05) is 26.2 Å². The van der Waals surface area contributed by atoms with Crippen molar-refractivity contribution in [1.82, 2.24) is 14.7 Å². The number of likely N-dealkylation sites (tertiary alicyclic amines) is 1. The number of primary amides is 1. The Morgan fingerprint density at radius 1 is 1.42 bits per heavy atom. The number of amides is 2. The van der Waals surface area contributed by atoms with E-state index >= 15 is 0 Å². The fraction of sp³-hybridized carbons (Fsp3) is 0.600. The molecule has 0 bridgehead atoms. The number of nitrogens with two attached hydrogens (primary N) is 1. The minimum absolute atomic E-state index is 0.00769. The maximum absolute atomic E-state index is 12.6. The number of anilines is 1. The molecule has 26 heavy (non-hydrogen) atoms. The van der Waals surface area contributed by atoms with Crippen molar-refractivity contribution in [3.63, 3.8) is 0 Å². The zero-order valence-corrected chi connectivity index (χ0v) is 14.1. The molecule has 0 spiro atoms. The van der Waals surface area contributed by atoms with Crippen LogP contribution >= 0.6 is 0 Å². The SMILES string of the molecule is [C-]#[N+]CC1(n2cc(C(N)=O)c(NC(C)=O)n2)CCN(CC(F)(F)F)CC1. The molecule has 3 N–H and O–H groups in total. The molecule has 1 saturated heterocycles. The molecule has 8 nitrogen and oxygen atoms in total. The van der Waals surface area contributed by atoms with E-state index in [-0.39, 0.29) is 43.9 Å². The molecule has 1 aromatic rings. The molecule has 0 aromatic carbocycles. The molecule has 2 amide bonds. The molecule has 1 aromatic heterocycles. The van der Waals surface area contributed by atoms with Crippen LogP contribution in [0.25, 0.3) is 4.85 Å². The van der Waals surface area contributed by atoms with Crippen molar-refractivity contribution in [2.45, 2.75) is 31.5 Å². The Labute approximate surface area is 147 Å². The van der Waals surface area contributed by atoms with Gasteiger partial charge in [-0.25, -0.2) is 6.57 Å². The molecule has 0 saturated carbocycles. The lowest BCUT2D eigenvalue weighted by Gasteiger charge is -2.38. The average molecular weight is 372 g/mol. The van der Waals surface area contributed by atoms with E-state index in [1.807, 2.05) is 0 Å². The first-order valence-corrected chi connectivity index (χ1v) is 7.86. The average Bonchev–Trinajstić information content (AvgIpc) is 2.92. The normalized spacial score (nSPS) is 17.5. The summed E-state index contributed by atoms with van der Waals surface area (Å²) in [4.78, 5) is 27.5. The Bertz CT molecular complexity index is 729. The van der Waals surface area contributed by atoms with Gasteiger partial charge in [0.25, 0.3) is 5.91 Å². The molecule has 1 aliphatic heterocycles. The quantitative estimate of drug-likeness (QED) is 0.760. The first kappa shape index (κ1) is 19.7. The molecule has 1 fully saturated rings. The predicted octanol–water partition coefficient (Wildman–Crippen LogP) is 1.21. The van der Waals surface area contributed by atoms with Gasteiger partial charge in [0.05, 0.1) is 6.54 Å². The lowest BCUT2D eigenvalue weighted by atomic mass is 9.87. The second kappa shape index (κ2) is 7.33.